The molecule has 0 aliphatic carbocycles. The second kappa shape index (κ2) is 7.04. The molecular weight excluding hydrogens is 382 g/mol. The summed E-state index contributed by atoms with van der Waals surface area (Å²) in [6.07, 6.45) is 0.933. The number of alkyl halides is 3. The lowest BCUT2D eigenvalue weighted by atomic mass is 10.2. The van der Waals surface area contributed by atoms with Gasteiger partial charge >= 0.3 is 5.51 Å². The van der Waals surface area contributed by atoms with Crippen molar-refractivity contribution < 1.29 is 30.8 Å². The van der Waals surface area contributed by atoms with Crippen LogP contribution in [0.1, 0.15) is 10.4 Å². The fourth-order valence-electron chi connectivity index (χ4n) is 1.83. The first-order chi connectivity index (χ1) is 11.5. The number of thioether (sulfide) groups is 1. The molecule has 0 radical (unpaired) electrons. The van der Waals surface area contributed by atoms with Crippen molar-refractivity contribution in [3.8, 4) is 0 Å². The molecule has 0 atom stereocenters. The summed E-state index contributed by atoms with van der Waals surface area (Å²) in [5.41, 5.74) is -4.80. The van der Waals surface area contributed by atoms with E-state index in [1.807, 2.05) is 0 Å². The molecule has 0 saturated heterocycles. The summed E-state index contributed by atoms with van der Waals surface area (Å²) >= 11 is -0.326. The summed E-state index contributed by atoms with van der Waals surface area (Å²) in [5, 5.41) is 2.20. The molecule has 2 rings (SSSR count). The highest BCUT2D eigenvalue weighted by molar-refractivity contribution is 8.00. The largest absolute Gasteiger partial charge is 0.446 e. The number of carbonyl (C=O) groups excluding carboxylic acids is 1. The third-order valence-electron chi connectivity index (χ3n) is 2.96. The van der Waals surface area contributed by atoms with E-state index in [0.29, 0.717) is 0 Å². The van der Waals surface area contributed by atoms with Crippen LogP contribution in [0.4, 0.5) is 23.2 Å². The summed E-state index contributed by atoms with van der Waals surface area (Å²) < 4.78 is 73.5. The molecule has 0 unspecified atom stereocenters. The minimum Gasteiger partial charge on any atom is -0.319 e. The maximum atomic E-state index is 13.7. The Labute approximate surface area is 145 Å². The third kappa shape index (κ3) is 5.46. The summed E-state index contributed by atoms with van der Waals surface area (Å²) in [6, 6.07) is 7.45. The molecule has 134 valence electrons. The highest BCUT2D eigenvalue weighted by atomic mass is 32.2. The van der Waals surface area contributed by atoms with Crippen molar-refractivity contribution in [1.82, 2.24) is 0 Å². The van der Waals surface area contributed by atoms with Crippen molar-refractivity contribution in [2.24, 2.45) is 0 Å². The maximum absolute atomic E-state index is 13.7. The Morgan fingerprint density at radius 3 is 2.20 bits per heavy atom. The van der Waals surface area contributed by atoms with Crippen molar-refractivity contribution in [1.29, 1.82) is 0 Å². The minimum atomic E-state index is -4.45. The molecule has 0 spiro atoms. The topological polar surface area (TPSA) is 63.2 Å². The maximum Gasteiger partial charge on any atom is 0.446 e. The first kappa shape index (κ1) is 19.3. The van der Waals surface area contributed by atoms with E-state index in [1.165, 1.54) is 0 Å². The third-order valence-corrected chi connectivity index (χ3v) is 4.81. The Balaban J connectivity index is 2.20. The van der Waals surface area contributed by atoms with E-state index in [1.54, 1.807) is 0 Å². The van der Waals surface area contributed by atoms with Crippen molar-refractivity contribution in [3.05, 3.63) is 53.8 Å². The van der Waals surface area contributed by atoms with Crippen molar-refractivity contribution in [2.75, 3.05) is 11.6 Å². The summed E-state index contributed by atoms with van der Waals surface area (Å²) in [6.45, 7) is 0. The zero-order valence-electron chi connectivity index (χ0n) is 12.6. The number of anilines is 1. The first-order valence-electron chi connectivity index (χ1n) is 6.62. The Hall–Kier alpha value is -2.07. The number of amides is 1. The van der Waals surface area contributed by atoms with Gasteiger partial charge in [0, 0.05) is 16.7 Å². The Morgan fingerprint density at radius 2 is 1.68 bits per heavy atom. The van der Waals surface area contributed by atoms with Gasteiger partial charge in [0.15, 0.2) is 9.84 Å². The molecule has 0 aliphatic heterocycles. The number of benzene rings is 2. The fraction of sp³-hybridized carbons (Fsp3) is 0.133. The molecule has 1 N–H and O–H groups in total. The van der Waals surface area contributed by atoms with E-state index in [2.05, 4.69) is 5.32 Å². The molecule has 1 amide bonds. The number of sulfone groups is 1. The predicted molar refractivity (Wildman–Crippen MR) is 85.8 cm³/mol. The van der Waals surface area contributed by atoms with Crippen LogP contribution in [-0.2, 0) is 9.84 Å². The van der Waals surface area contributed by atoms with Crippen molar-refractivity contribution in [2.45, 2.75) is 15.3 Å². The van der Waals surface area contributed by atoms with Crippen LogP contribution in [0, 0.1) is 5.82 Å². The number of nitrogens with one attached hydrogen (secondary N) is 1. The van der Waals surface area contributed by atoms with Crippen LogP contribution in [0.15, 0.2) is 52.3 Å². The van der Waals surface area contributed by atoms with Gasteiger partial charge in [-0.2, -0.15) is 13.2 Å². The Kier molecular flexibility index (Phi) is 5.43. The van der Waals surface area contributed by atoms with Crippen LogP contribution in [0.3, 0.4) is 0 Å². The number of halogens is 4. The van der Waals surface area contributed by atoms with Crippen molar-refractivity contribution in [3.63, 3.8) is 0 Å². The van der Waals surface area contributed by atoms with E-state index in [9.17, 15) is 30.8 Å². The SMILES string of the molecule is CS(=O)(=O)c1ccc(F)c(NC(=O)c2ccc(SC(F)(F)F)cc2)c1. The quantitative estimate of drug-likeness (QED) is 0.483. The van der Waals surface area contributed by atoms with Crippen molar-refractivity contribution >= 4 is 33.2 Å². The average molecular weight is 393 g/mol. The minimum absolute atomic E-state index is 0.00400. The van der Waals surface area contributed by atoms with E-state index in [-0.39, 0.29) is 32.8 Å². The average Bonchev–Trinajstić information content (AvgIpc) is 2.47. The van der Waals surface area contributed by atoms with Gasteiger partial charge in [0.2, 0.25) is 0 Å². The highest BCUT2D eigenvalue weighted by Crippen LogP contribution is 2.36. The summed E-state index contributed by atoms with van der Waals surface area (Å²) in [5.74, 6) is -1.63. The first-order valence-corrected chi connectivity index (χ1v) is 9.33. The number of rotatable bonds is 4. The van der Waals surface area contributed by atoms with Crippen LogP contribution in [0.25, 0.3) is 0 Å². The lowest BCUT2D eigenvalue weighted by Crippen LogP contribution is -2.13. The summed E-state index contributed by atoms with van der Waals surface area (Å²) in [4.78, 5) is 11.8. The second-order valence-corrected chi connectivity index (χ2v) is 8.09. The molecule has 0 aliphatic rings. The molecular formula is C15H11F4NO3S2. The summed E-state index contributed by atoms with van der Waals surface area (Å²) in [7, 11) is -3.59. The lowest BCUT2D eigenvalue weighted by molar-refractivity contribution is -0.0328. The second-order valence-electron chi connectivity index (χ2n) is 4.94. The van der Waals surface area contributed by atoms with E-state index < -0.39 is 27.1 Å². The van der Waals surface area contributed by atoms with Crippen LogP contribution in [0.5, 0.6) is 0 Å². The van der Waals surface area contributed by atoms with Gasteiger partial charge in [-0.25, -0.2) is 12.8 Å². The smallest absolute Gasteiger partial charge is 0.319 e. The molecule has 0 fully saturated rings. The van der Waals surface area contributed by atoms with Gasteiger partial charge in [-0.15, -0.1) is 0 Å². The molecule has 4 nitrogen and oxygen atoms in total. The highest BCUT2D eigenvalue weighted by Gasteiger charge is 2.29. The molecule has 0 saturated carbocycles. The monoisotopic (exact) mass is 393 g/mol. The Bertz CT molecular complexity index is 894. The standard InChI is InChI=1S/C15H11F4NO3S2/c1-25(22,23)11-6-7-12(16)13(8-11)20-14(21)9-2-4-10(5-3-9)24-15(17,18)19/h2-8H,1H3,(H,20,21). The molecule has 0 bridgehead atoms. The van der Waals surface area contributed by atoms with Gasteiger partial charge in [0.1, 0.15) is 5.82 Å². The number of hydrogen-bond donors (Lipinski definition) is 1. The number of carbonyl (C=O) groups is 1. The predicted octanol–water partition coefficient (Wildman–Crippen LogP) is 4.09. The van der Waals surface area contributed by atoms with Gasteiger partial charge in [0.05, 0.1) is 10.6 Å². The van der Waals surface area contributed by atoms with Gasteiger partial charge in [-0.3, -0.25) is 4.79 Å². The fourth-order valence-corrected chi connectivity index (χ4v) is 3.02. The zero-order valence-corrected chi connectivity index (χ0v) is 14.2. The van der Waals surface area contributed by atoms with Gasteiger partial charge in [0.25, 0.3) is 5.91 Å². The Morgan fingerprint density at radius 1 is 1.08 bits per heavy atom. The molecule has 0 aromatic heterocycles. The lowest BCUT2D eigenvalue weighted by Gasteiger charge is -2.09. The van der Waals surface area contributed by atoms with Crippen LogP contribution >= 0.6 is 11.8 Å². The molecule has 25 heavy (non-hydrogen) atoms. The van der Waals surface area contributed by atoms with E-state index in [0.717, 1.165) is 48.7 Å². The zero-order chi connectivity index (χ0) is 18.8. The van der Waals surface area contributed by atoms with Gasteiger partial charge in [-0.1, -0.05) is 0 Å². The van der Waals surface area contributed by atoms with Gasteiger partial charge < -0.3 is 5.32 Å². The number of hydrogen-bond acceptors (Lipinski definition) is 4. The molecule has 0 heterocycles. The molecule has 2 aromatic carbocycles. The molecule has 10 heteroatoms. The normalized spacial score (nSPS) is 12.0. The van der Waals surface area contributed by atoms with Crippen LogP contribution in [0.2, 0.25) is 0 Å². The van der Waals surface area contributed by atoms with Crippen LogP contribution in [-0.4, -0.2) is 26.1 Å². The molecule has 2 aromatic rings. The van der Waals surface area contributed by atoms with E-state index >= 15 is 0 Å². The van der Waals surface area contributed by atoms with E-state index in [4.69, 9.17) is 0 Å². The van der Waals surface area contributed by atoms with Gasteiger partial charge in [-0.05, 0) is 54.2 Å². The van der Waals surface area contributed by atoms with Crippen LogP contribution < -0.4 is 5.32 Å².